The van der Waals surface area contributed by atoms with E-state index >= 15 is 0 Å². The molecule has 1 atom stereocenters. The van der Waals surface area contributed by atoms with Crippen molar-refractivity contribution >= 4 is 11.3 Å². The van der Waals surface area contributed by atoms with Crippen LogP contribution in [0, 0.1) is 5.92 Å². The molecule has 1 unspecified atom stereocenters. The lowest BCUT2D eigenvalue weighted by Crippen LogP contribution is -2.21. The minimum atomic E-state index is 0.277. The molecule has 0 aliphatic rings. The highest BCUT2D eigenvalue weighted by atomic mass is 32.1. The van der Waals surface area contributed by atoms with Gasteiger partial charge in [0.2, 0.25) is 0 Å². The summed E-state index contributed by atoms with van der Waals surface area (Å²) in [6, 6.07) is 0. The van der Waals surface area contributed by atoms with Crippen molar-refractivity contribution in [3.8, 4) is 0 Å². The largest absolute Gasteiger partial charge is 0.396 e. The van der Waals surface area contributed by atoms with Crippen molar-refractivity contribution in [3.05, 3.63) is 16.1 Å². The van der Waals surface area contributed by atoms with E-state index in [1.165, 1.54) is 5.01 Å². The SMILES string of the molecule is CCc1nc(CNCC(C)CCO)cs1. The van der Waals surface area contributed by atoms with Gasteiger partial charge in [0.1, 0.15) is 0 Å². The lowest BCUT2D eigenvalue weighted by Gasteiger charge is -2.09. The molecule has 1 aromatic heterocycles. The minimum Gasteiger partial charge on any atom is -0.396 e. The fraction of sp³-hybridized carbons (Fsp3) is 0.727. The number of aliphatic hydroxyl groups is 1. The second-order valence-corrected chi connectivity index (χ2v) is 4.78. The summed E-state index contributed by atoms with van der Waals surface area (Å²) in [4.78, 5) is 4.48. The van der Waals surface area contributed by atoms with Crippen LogP contribution < -0.4 is 5.32 Å². The summed E-state index contributed by atoms with van der Waals surface area (Å²) in [6.45, 7) is 6.33. The summed E-state index contributed by atoms with van der Waals surface area (Å²) in [5.41, 5.74) is 1.13. The van der Waals surface area contributed by atoms with Crippen molar-refractivity contribution in [2.24, 2.45) is 5.92 Å². The molecule has 4 heteroatoms. The highest BCUT2D eigenvalue weighted by Crippen LogP contribution is 2.09. The molecule has 1 aromatic rings. The number of thiazole rings is 1. The second kappa shape index (κ2) is 6.93. The first-order valence-electron chi connectivity index (χ1n) is 5.51. The first-order chi connectivity index (χ1) is 7.26. The van der Waals surface area contributed by atoms with Gasteiger partial charge in [-0.05, 0) is 25.3 Å². The van der Waals surface area contributed by atoms with Crippen molar-refractivity contribution in [2.75, 3.05) is 13.2 Å². The fourth-order valence-corrected chi connectivity index (χ4v) is 2.11. The fourth-order valence-electron chi connectivity index (χ4n) is 1.36. The summed E-state index contributed by atoms with van der Waals surface area (Å²) in [5, 5.41) is 15.4. The molecule has 1 heterocycles. The Morgan fingerprint density at radius 1 is 1.60 bits per heavy atom. The van der Waals surface area contributed by atoms with E-state index in [2.05, 4.69) is 29.5 Å². The van der Waals surface area contributed by atoms with Crippen LogP contribution in [0.4, 0.5) is 0 Å². The molecule has 2 N–H and O–H groups in total. The third-order valence-electron chi connectivity index (χ3n) is 2.32. The molecular formula is C11H20N2OS. The van der Waals surface area contributed by atoms with Crippen LogP contribution in [0.3, 0.4) is 0 Å². The Morgan fingerprint density at radius 3 is 3.00 bits per heavy atom. The van der Waals surface area contributed by atoms with Gasteiger partial charge in [0, 0.05) is 18.5 Å². The van der Waals surface area contributed by atoms with Crippen molar-refractivity contribution in [1.29, 1.82) is 0 Å². The van der Waals surface area contributed by atoms with Crippen molar-refractivity contribution < 1.29 is 5.11 Å². The molecule has 0 bridgehead atoms. The van der Waals surface area contributed by atoms with Crippen LogP contribution in [0.15, 0.2) is 5.38 Å². The predicted molar refractivity (Wildman–Crippen MR) is 64.1 cm³/mol. The monoisotopic (exact) mass is 228 g/mol. The Morgan fingerprint density at radius 2 is 2.40 bits per heavy atom. The molecule has 0 aromatic carbocycles. The highest BCUT2D eigenvalue weighted by Gasteiger charge is 2.02. The number of hydrogen-bond donors (Lipinski definition) is 2. The van der Waals surface area contributed by atoms with Crippen LogP contribution in [-0.2, 0) is 13.0 Å². The van der Waals surface area contributed by atoms with E-state index in [-0.39, 0.29) is 6.61 Å². The zero-order valence-corrected chi connectivity index (χ0v) is 10.3. The molecule has 15 heavy (non-hydrogen) atoms. The van der Waals surface area contributed by atoms with Gasteiger partial charge in [-0.15, -0.1) is 11.3 Å². The number of aliphatic hydroxyl groups excluding tert-OH is 1. The topological polar surface area (TPSA) is 45.2 Å². The maximum Gasteiger partial charge on any atom is 0.0926 e. The smallest absolute Gasteiger partial charge is 0.0926 e. The Bertz CT molecular complexity index is 275. The minimum absolute atomic E-state index is 0.277. The normalized spacial score (nSPS) is 13.0. The van der Waals surface area contributed by atoms with Crippen LogP contribution in [0.5, 0.6) is 0 Å². The Kier molecular flexibility index (Phi) is 5.83. The standard InChI is InChI=1S/C11H20N2OS/c1-3-11-13-10(8-15-11)7-12-6-9(2)4-5-14/h8-9,12,14H,3-7H2,1-2H3. The van der Waals surface area contributed by atoms with Crippen LogP contribution >= 0.6 is 11.3 Å². The van der Waals surface area contributed by atoms with Gasteiger partial charge in [0.25, 0.3) is 0 Å². The molecule has 3 nitrogen and oxygen atoms in total. The quantitative estimate of drug-likeness (QED) is 0.748. The van der Waals surface area contributed by atoms with Gasteiger partial charge < -0.3 is 10.4 Å². The van der Waals surface area contributed by atoms with Gasteiger partial charge >= 0.3 is 0 Å². The van der Waals surface area contributed by atoms with E-state index in [1.807, 2.05) is 0 Å². The van der Waals surface area contributed by atoms with Gasteiger partial charge in [-0.2, -0.15) is 0 Å². The molecule has 86 valence electrons. The predicted octanol–water partition coefficient (Wildman–Crippen LogP) is 1.81. The average molecular weight is 228 g/mol. The molecule has 0 saturated heterocycles. The van der Waals surface area contributed by atoms with Gasteiger partial charge in [-0.1, -0.05) is 13.8 Å². The van der Waals surface area contributed by atoms with E-state index in [0.717, 1.165) is 31.6 Å². The second-order valence-electron chi connectivity index (χ2n) is 3.83. The summed E-state index contributed by atoms with van der Waals surface area (Å²) in [6.07, 6.45) is 1.88. The summed E-state index contributed by atoms with van der Waals surface area (Å²) >= 11 is 1.73. The zero-order valence-electron chi connectivity index (χ0n) is 9.49. The Hall–Kier alpha value is -0.450. The molecule has 0 saturated carbocycles. The third kappa shape index (κ3) is 4.73. The Labute approximate surface area is 95.6 Å². The van der Waals surface area contributed by atoms with E-state index in [4.69, 9.17) is 5.11 Å². The number of nitrogens with zero attached hydrogens (tertiary/aromatic N) is 1. The van der Waals surface area contributed by atoms with Crippen LogP contribution in [0.1, 0.15) is 31.0 Å². The van der Waals surface area contributed by atoms with E-state index in [9.17, 15) is 0 Å². The van der Waals surface area contributed by atoms with E-state index in [0.29, 0.717) is 5.92 Å². The number of aryl methyl sites for hydroxylation is 1. The molecule has 0 fully saturated rings. The first kappa shape index (κ1) is 12.6. The molecule has 0 radical (unpaired) electrons. The van der Waals surface area contributed by atoms with Gasteiger partial charge in [-0.3, -0.25) is 0 Å². The van der Waals surface area contributed by atoms with Crippen molar-refractivity contribution in [2.45, 2.75) is 33.2 Å². The first-order valence-corrected chi connectivity index (χ1v) is 6.39. The molecule has 1 rings (SSSR count). The number of rotatable bonds is 7. The van der Waals surface area contributed by atoms with Gasteiger partial charge in [0.05, 0.1) is 10.7 Å². The van der Waals surface area contributed by atoms with Crippen molar-refractivity contribution in [1.82, 2.24) is 10.3 Å². The Balaban J connectivity index is 2.19. The lowest BCUT2D eigenvalue weighted by atomic mass is 10.1. The highest BCUT2D eigenvalue weighted by molar-refractivity contribution is 7.09. The number of nitrogens with one attached hydrogen (secondary N) is 1. The molecule has 0 amide bonds. The average Bonchev–Trinajstić information content (AvgIpc) is 2.66. The van der Waals surface area contributed by atoms with Crippen LogP contribution in [0.25, 0.3) is 0 Å². The molecule has 0 aliphatic carbocycles. The van der Waals surface area contributed by atoms with Crippen LogP contribution in [-0.4, -0.2) is 23.2 Å². The molecular weight excluding hydrogens is 208 g/mol. The summed E-state index contributed by atoms with van der Waals surface area (Å²) in [7, 11) is 0. The van der Waals surface area contributed by atoms with Gasteiger partial charge in [-0.25, -0.2) is 4.98 Å². The van der Waals surface area contributed by atoms with E-state index < -0.39 is 0 Å². The zero-order chi connectivity index (χ0) is 11.1. The maximum absolute atomic E-state index is 8.75. The molecule has 0 aliphatic heterocycles. The third-order valence-corrected chi connectivity index (χ3v) is 3.36. The summed E-state index contributed by atoms with van der Waals surface area (Å²) in [5.74, 6) is 0.527. The van der Waals surface area contributed by atoms with Gasteiger partial charge in [0.15, 0.2) is 0 Å². The summed E-state index contributed by atoms with van der Waals surface area (Å²) < 4.78 is 0. The van der Waals surface area contributed by atoms with Crippen LogP contribution in [0.2, 0.25) is 0 Å². The molecule has 0 spiro atoms. The van der Waals surface area contributed by atoms with E-state index in [1.54, 1.807) is 11.3 Å². The number of hydrogen-bond acceptors (Lipinski definition) is 4. The number of aromatic nitrogens is 1. The maximum atomic E-state index is 8.75. The lowest BCUT2D eigenvalue weighted by molar-refractivity contribution is 0.260. The van der Waals surface area contributed by atoms with Crippen molar-refractivity contribution in [3.63, 3.8) is 0 Å².